The number of anilines is 1. The van der Waals surface area contributed by atoms with E-state index in [-0.39, 0.29) is 0 Å². The Morgan fingerprint density at radius 3 is 2.50 bits per heavy atom. The molecule has 4 nitrogen and oxygen atoms in total. The lowest BCUT2D eigenvalue weighted by atomic mass is 10.1. The molecular weight excluding hydrogens is 200 g/mol. The highest BCUT2D eigenvalue weighted by atomic mass is 15.2. The van der Waals surface area contributed by atoms with Gasteiger partial charge in [-0.2, -0.15) is 0 Å². The first-order chi connectivity index (χ1) is 7.61. The number of aryl methyl sites for hydroxylation is 1. The van der Waals surface area contributed by atoms with Gasteiger partial charge < -0.3 is 5.73 Å². The Balaban J connectivity index is 0.000000606. The highest BCUT2D eigenvalue weighted by Crippen LogP contribution is 2.26. The summed E-state index contributed by atoms with van der Waals surface area (Å²) in [6, 6.07) is 2.14. The van der Waals surface area contributed by atoms with Crippen molar-refractivity contribution in [2.75, 3.05) is 5.73 Å². The highest BCUT2D eigenvalue weighted by Gasteiger charge is 2.12. The Labute approximate surface area is 96.5 Å². The smallest absolute Gasteiger partial charge is 0.170 e. The average Bonchev–Trinajstić information content (AvgIpc) is 2.61. The van der Waals surface area contributed by atoms with E-state index in [9.17, 15) is 0 Å². The quantitative estimate of drug-likeness (QED) is 0.804. The van der Waals surface area contributed by atoms with Crippen LogP contribution in [0, 0.1) is 6.92 Å². The number of rotatable bonds is 1. The molecule has 4 heteroatoms. The first-order valence-corrected chi connectivity index (χ1v) is 5.70. The summed E-state index contributed by atoms with van der Waals surface area (Å²) in [5.74, 6) is 0.953. The molecule has 0 radical (unpaired) electrons. The fourth-order valence-corrected chi connectivity index (χ4v) is 1.73. The fourth-order valence-electron chi connectivity index (χ4n) is 1.73. The topological polar surface area (TPSA) is 56.2 Å². The van der Waals surface area contributed by atoms with Crippen molar-refractivity contribution in [1.82, 2.24) is 14.6 Å². The molecule has 0 aliphatic carbocycles. The van der Waals surface area contributed by atoms with Crippen LogP contribution in [0.4, 0.5) is 5.82 Å². The molecule has 0 unspecified atom stereocenters. The molecule has 0 aliphatic heterocycles. The lowest BCUT2D eigenvalue weighted by molar-refractivity contribution is 0.871. The van der Waals surface area contributed by atoms with Crippen LogP contribution in [-0.2, 0) is 0 Å². The van der Waals surface area contributed by atoms with Gasteiger partial charge in [0.05, 0.1) is 5.52 Å². The molecule has 2 aromatic heterocycles. The predicted octanol–water partition coefficient (Wildman–Crippen LogP) is 2.77. The van der Waals surface area contributed by atoms with Gasteiger partial charge in [0.25, 0.3) is 0 Å². The number of nitrogens with zero attached hydrogens (tertiary/aromatic N) is 3. The third-order valence-corrected chi connectivity index (χ3v) is 2.46. The monoisotopic (exact) mass is 220 g/mol. The summed E-state index contributed by atoms with van der Waals surface area (Å²) in [7, 11) is 0. The largest absolute Gasteiger partial charge is 0.380 e. The highest BCUT2D eigenvalue weighted by molar-refractivity contribution is 5.71. The van der Waals surface area contributed by atoms with E-state index in [1.165, 1.54) is 5.56 Å². The standard InChI is InChI=1S/C10H14N4.C2H6/c1-6(2)8-4-7(3)14-5-12-13-10(11)9(8)14;1-2/h4-6H,1-3H3,(H2,11,13);1-2H3. The van der Waals surface area contributed by atoms with Crippen molar-refractivity contribution in [3.8, 4) is 0 Å². The first kappa shape index (κ1) is 12.5. The average molecular weight is 220 g/mol. The zero-order chi connectivity index (χ0) is 12.3. The van der Waals surface area contributed by atoms with Crippen LogP contribution < -0.4 is 5.73 Å². The summed E-state index contributed by atoms with van der Waals surface area (Å²) in [5.41, 5.74) is 9.18. The molecule has 0 aliphatic rings. The lowest BCUT2D eigenvalue weighted by Gasteiger charge is -2.04. The first-order valence-electron chi connectivity index (χ1n) is 5.70. The molecule has 0 atom stereocenters. The Hall–Kier alpha value is -1.58. The van der Waals surface area contributed by atoms with Gasteiger partial charge in [-0.15, -0.1) is 10.2 Å². The van der Waals surface area contributed by atoms with Gasteiger partial charge in [0.2, 0.25) is 0 Å². The second kappa shape index (κ2) is 4.96. The third kappa shape index (κ3) is 2.01. The van der Waals surface area contributed by atoms with Crippen molar-refractivity contribution in [1.29, 1.82) is 0 Å². The zero-order valence-corrected chi connectivity index (χ0v) is 10.7. The van der Waals surface area contributed by atoms with Gasteiger partial charge >= 0.3 is 0 Å². The second-order valence-corrected chi connectivity index (χ2v) is 3.83. The molecule has 16 heavy (non-hydrogen) atoms. The van der Waals surface area contributed by atoms with E-state index < -0.39 is 0 Å². The fraction of sp³-hybridized carbons (Fsp3) is 0.500. The minimum atomic E-state index is 0.449. The Morgan fingerprint density at radius 2 is 1.94 bits per heavy atom. The Kier molecular flexibility index (Phi) is 3.88. The molecule has 2 N–H and O–H groups in total. The summed E-state index contributed by atoms with van der Waals surface area (Å²) in [6.07, 6.45) is 1.70. The molecule has 0 saturated heterocycles. The summed E-state index contributed by atoms with van der Waals surface area (Å²) < 4.78 is 1.98. The van der Waals surface area contributed by atoms with Crippen molar-refractivity contribution in [3.05, 3.63) is 23.7 Å². The summed E-state index contributed by atoms with van der Waals surface area (Å²) >= 11 is 0. The molecule has 0 saturated carbocycles. The van der Waals surface area contributed by atoms with Gasteiger partial charge in [-0.25, -0.2) is 0 Å². The van der Waals surface area contributed by atoms with Crippen LogP contribution in [0.2, 0.25) is 0 Å². The number of nitrogen functional groups attached to an aromatic ring is 1. The van der Waals surface area contributed by atoms with Crippen molar-refractivity contribution < 1.29 is 0 Å². The maximum Gasteiger partial charge on any atom is 0.170 e. The van der Waals surface area contributed by atoms with Gasteiger partial charge in [0.15, 0.2) is 5.82 Å². The normalized spacial score (nSPS) is 10.4. The summed E-state index contributed by atoms with van der Waals surface area (Å²) in [6.45, 7) is 10.3. The maximum atomic E-state index is 5.81. The Bertz CT molecular complexity index is 471. The van der Waals surface area contributed by atoms with Crippen molar-refractivity contribution in [2.45, 2.75) is 40.5 Å². The van der Waals surface area contributed by atoms with Crippen molar-refractivity contribution in [2.24, 2.45) is 0 Å². The number of nitrogens with two attached hydrogens (primary N) is 1. The molecule has 0 bridgehead atoms. The van der Waals surface area contributed by atoms with E-state index in [0.29, 0.717) is 11.7 Å². The number of hydrogen-bond donors (Lipinski definition) is 1. The van der Waals surface area contributed by atoms with Gasteiger partial charge in [-0.1, -0.05) is 27.7 Å². The minimum Gasteiger partial charge on any atom is -0.380 e. The van der Waals surface area contributed by atoms with Crippen molar-refractivity contribution >= 4 is 11.3 Å². The maximum absolute atomic E-state index is 5.81. The van der Waals surface area contributed by atoms with E-state index in [1.54, 1.807) is 6.33 Å². The van der Waals surface area contributed by atoms with E-state index >= 15 is 0 Å². The molecular formula is C12H20N4. The van der Waals surface area contributed by atoms with Crippen LogP contribution in [0.5, 0.6) is 0 Å². The predicted molar refractivity (Wildman–Crippen MR) is 67.6 cm³/mol. The molecule has 2 heterocycles. The van der Waals surface area contributed by atoms with E-state index in [0.717, 1.165) is 11.2 Å². The molecule has 88 valence electrons. The molecule has 2 aromatic rings. The van der Waals surface area contributed by atoms with Gasteiger partial charge in [0, 0.05) is 5.69 Å². The second-order valence-electron chi connectivity index (χ2n) is 3.83. The van der Waals surface area contributed by atoms with Crippen LogP contribution in [0.15, 0.2) is 12.4 Å². The summed E-state index contributed by atoms with van der Waals surface area (Å²) in [4.78, 5) is 0. The third-order valence-electron chi connectivity index (χ3n) is 2.46. The van der Waals surface area contributed by atoms with Gasteiger partial charge in [-0.05, 0) is 24.5 Å². The summed E-state index contributed by atoms with van der Waals surface area (Å²) in [5, 5.41) is 7.70. The molecule has 0 fully saturated rings. The molecule has 2 rings (SSSR count). The van der Waals surface area contributed by atoms with Crippen LogP contribution in [0.3, 0.4) is 0 Å². The molecule has 0 amide bonds. The SMILES string of the molecule is CC.Cc1cc(C(C)C)c2c(N)nncn12. The zero-order valence-electron chi connectivity index (χ0n) is 10.7. The van der Waals surface area contributed by atoms with Gasteiger partial charge in [0.1, 0.15) is 6.33 Å². The number of hydrogen-bond acceptors (Lipinski definition) is 3. The van der Waals surface area contributed by atoms with E-state index in [2.05, 4.69) is 30.1 Å². The molecule has 0 spiro atoms. The molecule has 0 aromatic carbocycles. The van der Waals surface area contributed by atoms with E-state index in [4.69, 9.17) is 5.73 Å². The number of aromatic nitrogens is 3. The van der Waals surface area contributed by atoms with Crippen LogP contribution in [0.25, 0.3) is 5.52 Å². The van der Waals surface area contributed by atoms with E-state index in [1.807, 2.05) is 25.2 Å². The van der Waals surface area contributed by atoms with Crippen molar-refractivity contribution in [3.63, 3.8) is 0 Å². The van der Waals surface area contributed by atoms with Crippen LogP contribution in [-0.4, -0.2) is 14.6 Å². The lowest BCUT2D eigenvalue weighted by Crippen LogP contribution is -2.00. The van der Waals surface area contributed by atoms with Crippen LogP contribution >= 0.6 is 0 Å². The minimum absolute atomic E-state index is 0.449. The van der Waals surface area contributed by atoms with Crippen LogP contribution in [0.1, 0.15) is 44.9 Å². The van der Waals surface area contributed by atoms with Gasteiger partial charge in [-0.3, -0.25) is 4.40 Å². The number of fused-ring (bicyclic) bond motifs is 1. The Morgan fingerprint density at radius 1 is 1.31 bits per heavy atom.